The summed E-state index contributed by atoms with van der Waals surface area (Å²) in [5.74, 6) is 1.49. The number of nitrogens with zero attached hydrogens (tertiary/aromatic N) is 3. The van der Waals surface area contributed by atoms with E-state index in [0.717, 1.165) is 22.8 Å². The number of hydrogen-bond donors (Lipinski definition) is 1. The van der Waals surface area contributed by atoms with E-state index in [1.54, 1.807) is 22.8 Å². The Balaban J connectivity index is 1.56. The van der Waals surface area contributed by atoms with Gasteiger partial charge in [0.15, 0.2) is 11.5 Å². The molecule has 23 heavy (non-hydrogen) atoms. The first-order valence-corrected chi connectivity index (χ1v) is 7.48. The van der Waals surface area contributed by atoms with Gasteiger partial charge in [-0.2, -0.15) is 5.10 Å². The van der Waals surface area contributed by atoms with Gasteiger partial charge in [0.25, 0.3) is 0 Å². The van der Waals surface area contributed by atoms with E-state index < -0.39 is 0 Å². The van der Waals surface area contributed by atoms with Crippen LogP contribution in [0.3, 0.4) is 0 Å². The zero-order chi connectivity index (χ0) is 16.2. The van der Waals surface area contributed by atoms with Crippen LogP contribution >= 0.6 is 0 Å². The first-order chi connectivity index (χ1) is 11.1. The molecule has 122 valence electrons. The van der Waals surface area contributed by atoms with Crippen LogP contribution in [0.5, 0.6) is 11.5 Å². The van der Waals surface area contributed by atoms with Crippen molar-refractivity contribution in [3.8, 4) is 11.5 Å². The number of carbonyl (C=O) groups is 1. The molecule has 0 bridgehead atoms. The van der Waals surface area contributed by atoms with E-state index in [1.807, 2.05) is 31.3 Å². The highest BCUT2D eigenvalue weighted by atomic mass is 16.6. The highest BCUT2D eigenvalue weighted by Gasteiger charge is 2.14. The molecule has 2 aromatic rings. The fourth-order valence-corrected chi connectivity index (χ4v) is 2.41. The second-order valence-corrected chi connectivity index (χ2v) is 5.44. The van der Waals surface area contributed by atoms with Crippen molar-refractivity contribution in [1.82, 2.24) is 20.0 Å². The van der Waals surface area contributed by atoms with Crippen LogP contribution in [0.4, 0.5) is 4.79 Å². The first kappa shape index (κ1) is 15.2. The van der Waals surface area contributed by atoms with Crippen molar-refractivity contribution in [2.75, 3.05) is 20.3 Å². The molecule has 0 saturated heterocycles. The van der Waals surface area contributed by atoms with Crippen LogP contribution in [0.1, 0.15) is 11.3 Å². The third-order valence-corrected chi connectivity index (χ3v) is 3.72. The molecule has 2 heterocycles. The summed E-state index contributed by atoms with van der Waals surface area (Å²) < 4.78 is 12.8. The minimum absolute atomic E-state index is 0.138. The average molecular weight is 316 g/mol. The smallest absolute Gasteiger partial charge is 0.317 e. The number of carbonyl (C=O) groups excluding carboxylic acids is 1. The molecular formula is C16H20N4O3. The zero-order valence-corrected chi connectivity index (χ0v) is 13.3. The highest BCUT2D eigenvalue weighted by Crippen LogP contribution is 2.30. The number of fused-ring (bicyclic) bond motifs is 1. The SMILES string of the molecule is CN(Cc1ccc2c(c1)OCCO2)C(=O)NCc1ccnn1C. The largest absolute Gasteiger partial charge is 0.486 e. The van der Waals surface area contributed by atoms with Crippen LogP contribution in [0.15, 0.2) is 30.5 Å². The number of benzene rings is 1. The molecule has 2 amide bonds. The molecule has 1 aromatic heterocycles. The third-order valence-electron chi connectivity index (χ3n) is 3.72. The van der Waals surface area contributed by atoms with Gasteiger partial charge in [-0.3, -0.25) is 4.68 Å². The second kappa shape index (κ2) is 6.60. The Kier molecular flexibility index (Phi) is 4.36. The molecule has 0 fully saturated rings. The summed E-state index contributed by atoms with van der Waals surface area (Å²) >= 11 is 0. The minimum Gasteiger partial charge on any atom is -0.486 e. The number of amides is 2. The molecule has 1 aromatic carbocycles. The summed E-state index contributed by atoms with van der Waals surface area (Å²) in [6.45, 7) is 2.06. The fourth-order valence-electron chi connectivity index (χ4n) is 2.41. The lowest BCUT2D eigenvalue weighted by Gasteiger charge is -2.21. The van der Waals surface area contributed by atoms with Gasteiger partial charge in [-0.1, -0.05) is 6.07 Å². The molecule has 1 N–H and O–H groups in total. The Bertz CT molecular complexity index is 698. The van der Waals surface area contributed by atoms with Crippen LogP contribution in [0.2, 0.25) is 0 Å². The lowest BCUT2D eigenvalue weighted by molar-refractivity contribution is 0.171. The predicted octanol–water partition coefficient (Wildman–Crippen LogP) is 1.53. The molecule has 0 aliphatic carbocycles. The number of urea groups is 1. The van der Waals surface area contributed by atoms with E-state index in [4.69, 9.17) is 9.47 Å². The standard InChI is InChI=1S/C16H20N4O3/c1-19(16(21)17-10-13-5-6-18-20(13)2)11-12-3-4-14-15(9-12)23-8-7-22-14/h3-6,9H,7-8,10-11H2,1-2H3,(H,17,21). The van der Waals surface area contributed by atoms with Crippen LogP contribution in [0.25, 0.3) is 0 Å². The van der Waals surface area contributed by atoms with Crippen molar-refractivity contribution in [2.24, 2.45) is 7.05 Å². The van der Waals surface area contributed by atoms with E-state index >= 15 is 0 Å². The number of hydrogen-bond acceptors (Lipinski definition) is 4. The van der Waals surface area contributed by atoms with Crippen molar-refractivity contribution in [3.63, 3.8) is 0 Å². The Labute approximate surface area is 134 Å². The predicted molar refractivity (Wildman–Crippen MR) is 84.3 cm³/mol. The summed E-state index contributed by atoms with van der Waals surface area (Å²) in [5, 5.41) is 6.95. The summed E-state index contributed by atoms with van der Waals surface area (Å²) in [6.07, 6.45) is 1.71. The molecule has 1 aliphatic heterocycles. The molecular weight excluding hydrogens is 296 g/mol. The molecule has 7 heteroatoms. The van der Waals surface area contributed by atoms with Crippen LogP contribution in [-0.2, 0) is 20.1 Å². The van der Waals surface area contributed by atoms with Gasteiger partial charge < -0.3 is 19.7 Å². The minimum atomic E-state index is -0.138. The monoisotopic (exact) mass is 316 g/mol. The fraction of sp³-hybridized carbons (Fsp3) is 0.375. The average Bonchev–Trinajstić information content (AvgIpc) is 2.97. The second-order valence-electron chi connectivity index (χ2n) is 5.44. The number of ether oxygens (including phenoxy) is 2. The van der Waals surface area contributed by atoms with Gasteiger partial charge >= 0.3 is 6.03 Å². The number of nitrogens with one attached hydrogen (secondary N) is 1. The Hall–Kier alpha value is -2.70. The van der Waals surface area contributed by atoms with Gasteiger partial charge in [0, 0.05) is 26.8 Å². The normalized spacial score (nSPS) is 12.8. The number of rotatable bonds is 4. The van der Waals surface area contributed by atoms with Crippen molar-refractivity contribution < 1.29 is 14.3 Å². The molecule has 7 nitrogen and oxygen atoms in total. The van der Waals surface area contributed by atoms with Crippen LogP contribution in [-0.4, -0.2) is 41.0 Å². The molecule has 0 radical (unpaired) electrons. The van der Waals surface area contributed by atoms with E-state index in [0.29, 0.717) is 26.3 Å². The van der Waals surface area contributed by atoms with Gasteiger partial charge in [-0.25, -0.2) is 4.79 Å². The lowest BCUT2D eigenvalue weighted by atomic mass is 10.2. The molecule has 3 rings (SSSR count). The zero-order valence-electron chi connectivity index (χ0n) is 13.3. The topological polar surface area (TPSA) is 68.6 Å². The molecule has 0 spiro atoms. The summed E-state index contributed by atoms with van der Waals surface area (Å²) in [4.78, 5) is 13.8. The number of aryl methyl sites for hydroxylation is 1. The summed E-state index contributed by atoms with van der Waals surface area (Å²) in [7, 11) is 3.61. The van der Waals surface area contributed by atoms with E-state index in [9.17, 15) is 4.79 Å². The van der Waals surface area contributed by atoms with Gasteiger partial charge in [-0.05, 0) is 23.8 Å². The molecule has 0 saturated carbocycles. The van der Waals surface area contributed by atoms with E-state index in [2.05, 4.69) is 10.4 Å². The van der Waals surface area contributed by atoms with Crippen molar-refractivity contribution in [3.05, 3.63) is 41.7 Å². The Morgan fingerprint density at radius 1 is 1.30 bits per heavy atom. The Morgan fingerprint density at radius 3 is 2.83 bits per heavy atom. The van der Waals surface area contributed by atoms with Gasteiger partial charge in [0.1, 0.15) is 13.2 Å². The van der Waals surface area contributed by atoms with Crippen LogP contribution in [0, 0.1) is 0 Å². The Morgan fingerprint density at radius 2 is 2.09 bits per heavy atom. The number of aromatic nitrogens is 2. The maximum absolute atomic E-state index is 12.2. The third kappa shape index (κ3) is 3.56. The highest BCUT2D eigenvalue weighted by molar-refractivity contribution is 5.73. The summed E-state index contributed by atoms with van der Waals surface area (Å²) in [5.41, 5.74) is 1.94. The first-order valence-electron chi connectivity index (χ1n) is 7.48. The van der Waals surface area contributed by atoms with E-state index in [1.165, 1.54) is 0 Å². The van der Waals surface area contributed by atoms with Gasteiger partial charge in [-0.15, -0.1) is 0 Å². The summed E-state index contributed by atoms with van der Waals surface area (Å²) in [6, 6.07) is 7.48. The van der Waals surface area contributed by atoms with Crippen molar-refractivity contribution in [2.45, 2.75) is 13.1 Å². The maximum atomic E-state index is 12.2. The van der Waals surface area contributed by atoms with Crippen molar-refractivity contribution in [1.29, 1.82) is 0 Å². The van der Waals surface area contributed by atoms with Gasteiger partial charge in [0.2, 0.25) is 0 Å². The van der Waals surface area contributed by atoms with Crippen LogP contribution < -0.4 is 14.8 Å². The van der Waals surface area contributed by atoms with Gasteiger partial charge in [0.05, 0.1) is 12.2 Å². The molecule has 0 unspecified atom stereocenters. The quantitative estimate of drug-likeness (QED) is 0.929. The van der Waals surface area contributed by atoms with E-state index in [-0.39, 0.29) is 6.03 Å². The molecule has 1 aliphatic rings. The molecule has 0 atom stereocenters. The maximum Gasteiger partial charge on any atom is 0.317 e. The van der Waals surface area contributed by atoms with Crippen molar-refractivity contribution >= 4 is 6.03 Å². The lowest BCUT2D eigenvalue weighted by Crippen LogP contribution is -2.36.